The first kappa shape index (κ1) is 20.7. The summed E-state index contributed by atoms with van der Waals surface area (Å²) in [5, 5.41) is 13.5. The molecule has 166 valence electrons. The summed E-state index contributed by atoms with van der Waals surface area (Å²) in [6.07, 6.45) is 1.73. The molecule has 3 heterocycles. The lowest BCUT2D eigenvalue weighted by Crippen LogP contribution is -2.29. The molecule has 1 fully saturated rings. The van der Waals surface area contributed by atoms with Gasteiger partial charge in [-0.1, -0.05) is 18.2 Å². The standard InChI is InChI=1S/C25H27N3O4/c1-14-10-18(16(3)26-20-7-5-4-6-17(20)23(30)31)21-19(11-14)22(29)28-15(2)12-25(24(28)27-21)8-9-32-13-25/h4-7,10-11,15-16,26H,8-9,12-13H2,1-3H3,(H,30,31)/t15-,16+,25-/m0/s1. The van der Waals surface area contributed by atoms with Crippen LogP contribution in [0.4, 0.5) is 5.69 Å². The van der Waals surface area contributed by atoms with Gasteiger partial charge in [-0.15, -0.1) is 0 Å². The van der Waals surface area contributed by atoms with Crippen molar-refractivity contribution >= 4 is 22.6 Å². The first-order chi connectivity index (χ1) is 15.3. The van der Waals surface area contributed by atoms with Gasteiger partial charge in [-0.05, 0) is 57.4 Å². The average molecular weight is 434 g/mol. The number of aromatic nitrogens is 2. The van der Waals surface area contributed by atoms with Crippen LogP contribution in [-0.2, 0) is 10.2 Å². The number of anilines is 1. The van der Waals surface area contributed by atoms with Crippen molar-refractivity contribution in [2.45, 2.75) is 51.1 Å². The number of carboxylic acids is 1. The number of hydrogen-bond acceptors (Lipinski definition) is 5. The van der Waals surface area contributed by atoms with Gasteiger partial charge in [-0.2, -0.15) is 0 Å². The number of hydrogen-bond donors (Lipinski definition) is 2. The van der Waals surface area contributed by atoms with Gasteiger partial charge in [0.25, 0.3) is 5.56 Å². The van der Waals surface area contributed by atoms with Crippen LogP contribution in [0.3, 0.4) is 0 Å². The maximum Gasteiger partial charge on any atom is 0.337 e. The Morgan fingerprint density at radius 2 is 2.12 bits per heavy atom. The second kappa shape index (κ2) is 7.45. The van der Waals surface area contributed by atoms with Gasteiger partial charge in [-0.25, -0.2) is 9.78 Å². The van der Waals surface area contributed by atoms with E-state index in [9.17, 15) is 14.7 Å². The summed E-state index contributed by atoms with van der Waals surface area (Å²) in [6, 6.07) is 10.6. The summed E-state index contributed by atoms with van der Waals surface area (Å²) in [6.45, 7) is 7.29. The van der Waals surface area contributed by atoms with E-state index in [0.717, 1.165) is 29.8 Å². The zero-order valence-electron chi connectivity index (χ0n) is 18.5. The fourth-order valence-corrected chi connectivity index (χ4v) is 5.39. The Morgan fingerprint density at radius 3 is 2.84 bits per heavy atom. The van der Waals surface area contributed by atoms with Crippen molar-refractivity contribution in [3.05, 3.63) is 69.3 Å². The number of ether oxygens (including phenoxy) is 1. The summed E-state index contributed by atoms with van der Waals surface area (Å²) >= 11 is 0. The van der Waals surface area contributed by atoms with Gasteiger partial charge >= 0.3 is 5.97 Å². The van der Waals surface area contributed by atoms with Gasteiger partial charge in [0.1, 0.15) is 5.82 Å². The molecule has 3 atom stereocenters. The molecule has 1 saturated heterocycles. The third-order valence-electron chi connectivity index (χ3n) is 6.88. The molecule has 0 unspecified atom stereocenters. The summed E-state index contributed by atoms with van der Waals surface area (Å²) in [4.78, 5) is 30.3. The van der Waals surface area contributed by atoms with Crippen molar-refractivity contribution in [1.29, 1.82) is 0 Å². The van der Waals surface area contributed by atoms with Crippen LogP contribution in [-0.4, -0.2) is 33.8 Å². The molecule has 2 aromatic carbocycles. The van der Waals surface area contributed by atoms with Gasteiger partial charge in [0, 0.05) is 23.9 Å². The van der Waals surface area contributed by atoms with E-state index in [2.05, 4.69) is 12.2 Å². The number of rotatable bonds is 4. The molecule has 7 nitrogen and oxygen atoms in total. The molecule has 5 rings (SSSR count). The Bertz CT molecular complexity index is 1290. The minimum Gasteiger partial charge on any atom is -0.478 e. The molecular formula is C25H27N3O4. The van der Waals surface area contributed by atoms with Crippen molar-refractivity contribution in [3.63, 3.8) is 0 Å². The van der Waals surface area contributed by atoms with E-state index >= 15 is 0 Å². The molecule has 7 heteroatoms. The number of nitrogens with one attached hydrogen (secondary N) is 1. The number of aryl methyl sites for hydroxylation is 1. The van der Waals surface area contributed by atoms with Gasteiger partial charge in [0.2, 0.25) is 0 Å². The number of carbonyl (C=O) groups is 1. The van der Waals surface area contributed by atoms with Crippen LogP contribution in [0, 0.1) is 6.92 Å². The van der Waals surface area contributed by atoms with Crippen LogP contribution >= 0.6 is 0 Å². The normalized spacial score (nSPS) is 22.9. The van der Waals surface area contributed by atoms with Crippen molar-refractivity contribution < 1.29 is 14.6 Å². The number of fused-ring (bicyclic) bond motifs is 3. The second-order valence-corrected chi connectivity index (χ2v) is 9.21. The molecule has 1 aromatic heterocycles. The second-order valence-electron chi connectivity index (χ2n) is 9.21. The van der Waals surface area contributed by atoms with Crippen molar-refractivity contribution in [3.8, 4) is 0 Å². The van der Waals surface area contributed by atoms with Crippen molar-refractivity contribution in [2.75, 3.05) is 18.5 Å². The van der Waals surface area contributed by atoms with Gasteiger partial charge in [-0.3, -0.25) is 9.36 Å². The average Bonchev–Trinajstić information content (AvgIpc) is 3.33. The fourth-order valence-electron chi connectivity index (χ4n) is 5.39. The molecule has 0 bridgehead atoms. The van der Waals surface area contributed by atoms with E-state index in [0.29, 0.717) is 29.8 Å². The van der Waals surface area contributed by atoms with Crippen LogP contribution in [0.1, 0.15) is 66.1 Å². The van der Waals surface area contributed by atoms with Crippen LogP contribution in [0.5, 0.6) is 0 Å². The van der Waals surface area contributed by atoms with Crippen molar-refractivity contribution in [2.24, 2.45) is 0 Å². The molecule has 1 spiro atoms. The number of carboxylic acid groups (broad SMARTS) is 1. The van der Waals surface area contributed by atoms with E-state index in [1.54, 1.807) is 24.3 Å². The summed E-state index contributed by atoms with van der Waals surface area (Å²) in [7, 11) is 0. The fraction of sp³-hybridized carbons (Fsp3) is 0.400. The Labute approximate surface area is 186 Å². The van der Waals surface area contributed by atoms with E-state index in [-0.39, 0.29) is 28.6 Å². The molecule has 0 amide bonds. The number of nitrogens with zero attached hydrogens (tertiary/aromatic N) is 2. The van der Waals surface area contributed by atoms with Crippen molar-refractivity contribution in [1.82, 2.24) is 9.55 Å². The number of aromatic carboxylic acids is 1. The molecule has 2 N–H and O–H groups in total. The van der Waals surface area contributed by atoms with Gasteiger partial charge in [0.05, 0.1) is 34.5 Å². The van der Waals surface area contributed by atoms with E-state index < -0.39 is 5.97 Å². The maximum absolute atomic E-state index is 13.6. The van der Waals surface area contributed by atoms with E-state index in [1.807, 2.05) is 30.5 Å². The van der Waals surface area contributed by atoms with Crippen LogP contribution < -0.4 is 10.9 Å². The Morgan fingerprint density at radius 1 is 1.34 bits per heavy atom. The smallest absolute Gasteiger partial charge is 0.337 e. The summed E-state index contributed by atoms with van der Waals surface area (Å²) in [5.74, 6) is -0.163. The predicted molar refractivity (Wildman–Crippen MR) is 123 cm³/mol. The van der Waals surface area contributed by atoms with Crippen LogP contribution in [0.15, 0.2) is 41.2 Å². The Balaban J connectivity index is 1.67. The van der Waals surface area contributed by atoms with Gasteiger partial charge in [0.15, 0.2) is 0 Å². The highest BCUT2D eigenvalue weighted by Crippen LogP contribution is 2.45. The zero-order chi connectivity index (χ0) is 22.6. The molecular weight excluding hydrogens is 406 g/mol. The highest BCUT2D eigenvalue weighted by Gasteiger charge is 2.47. The van der Waals surface area contributed by atoms with Crippen LogP contribution in [0.2, 0.25) is 0 Å². The maximum atomic E-state index is 13.6. The quantitative estimate of drug-likeness (QED) is 0.641. The largest absolute Gasteiger partial charge is 0.478 e. The summed E-state index contributed by atoms with van der Waals surface area (Å²) in [5.41, 5.74) is 3.06. The monoisotopic (exact) mass is 433 g/mol. The molecule has 0 saturated carbocycles. The minimum atomic E-state index is -0.985. The molecule has 2 aliphatic heterocycles. The highest BCUT2D eigenvalue weighted by atomic mass is 16.5. The van der Waals surface area contributed by atoms with E-state index in [4.69, 9.17) is 9.72 Å². The highest BCUT2D eigenvalue weighted by molar-refractivity contribution is 5.94. The Kier molecular flexibility index (Phi) is 4.82. The van der Waals surface area contributed by atoms with Gasteiger partial charge < -0.3 is 15.2 Å². The molecule has 0 aliphatic carbocycles. The topological polar surface area (TPSA) is 93.5 Å². The molecule has 32 heavy (non-hydrogen) atoms. The summed E-state index contributed by atoms with van der Waals surface area (Å²) < 4.78 is 7.59. The minimum absolute atomic E-state index is 0.00985. The Hall–Kier alpha value is -3.19. The first-order valence-electron chi connectivity index (χ1n) is 11.0. The third kappa shape index (κ3) is 3.11. The first-order valence-corrected chi connectivity index (χ1v) is 11.0. The lowest BCUT2D eigenvalue weighted by atomic mass is 9.83. The van der Waals surface area contributed by atoms with E-state index in [1.165, 1.54) is 0 Å². The SMILES string of the molecule is Cc1cc([C@@H](C)Nc2ccccc2C(=O)O)c2nc3n(c(=O)c2c1)[C@@H](C)C[C@]31CCOC1. The molecule has 3 aromatic rings. The molecule has 0 radical (unpaired) electrons. The lowest BCUT2D eigenvalue weighted by Gasteiger charge is -2.22. The van der Waals surface area contributed by atoms with Crippen LogP contribution in [0.25, 0.3) is 10.9 Å². The predicted octanol–water partition coefficient (Wildman–Crippen LogP) is 4.20. The number of para-hydroxylation sites is 1. The molecule has 2 aliphatic rings. The third-order valence-corrected chi connectivity index (χ3v) is 6.88. The zero-order valence-corrected chi connectivity index (χ0v) is 18.5. The lowest BCUT2D eigenvalue weighted by molar-refractivity contribution is 0.0698. The number of benzene rings is 2.